The SMILES string of the molecule is O=C(O)c1cnc(NCC2(CO)CCCC2)c(Cl)c1. The lowest BCUT2D eigenvalue weighted by atomic mass is 9.87. The molecule has 1 fully saturated rings. The Morgan fingerprint density at radius 1 is 1.47 bits per heavy atom. The van der Waals surface area contributed by atoms with Gasteiger partial charge in [0.1, 0.15) is 5.82 Å². The summed E-state index contributed by atoms with van der Waals surface area (Å²) in [5, 5.41) is 21.7. The van der Waals surface area contributed by atoms with Crippen LogP contribution in [0.5, 0.6) is 0 Å². The van der Waals surface area contributed by atoms with Gasteiger partial charge in [0, 0.05) is 18.2 Å². The molecular weight excluding hydrogens is 268 g/mol. The normalized spacial score (nSPS) is 17.4. The summed E-state index contributed by atoms with van der Waals surface area (Å²) >= 11 is 6.00. The van der Waals surface area contributed by atoms with Gasteiger partial charge in [0.15, 0.2) is 0 Å². The van der Waals surface area contributed by atoms with E-state index in [0.717, 1.165) is 25.7 Å². The van der Waals surface area contributed by atoms with E-state index in [-0.39, 0.29) is 22.6 Å². The van der Waals surface area contributed by atoms with Crippen molar-refractivity contribution in [1.29, 1.82) is 0 Å². The molecule has 3 N–H and O–H groups in total. The predicted octanol–water partition coefficient (Wildman–Crippen LogP) is 2.40. The third-order valence-electron chi connectivity index (χ3n) is 3.72. The highest BCUT2D eigenvalue weighted by Crippen LogP contribution is 2.38. The number of rotatable bonds is 5. The molecule has 0 amide bonds. The van der Waals surface area contributed by atoms with E-state index in [4.69, 9.17) is 16.7 Å². The number of nitrogens with zero attached hydrogens (tertiary/aromatic N) is 1. The minimum absolute atomic E-state index is 0.0632. The van der Waals surface area contributed by atoms with Crippen molar-refractivity contribution in [2.75, 3.05) is 18.5 Å². The quantitative estimate of drug-likeness (QED) is 0.773. The minimum Gasteiger partial charge on any atom is -0.478 e. The van der Waals surface area contributed by atoms with Gasteiger partial charge in [0.2, 0.25) is 0 Å². The van der Waals surface area contributed by atoms with Crippen molar-refractivity contribution in [3.05, 3.63) is 22.8 Å². The van der Waals surface area contributed by atoms with E-state index in [1.807, 2.05) is 0 Å². The summed E-state index contributed by atoms with van der Waals surface area (Å²) in [7, 11) is 0. The fraction of sp³-hybridized carbons (Fsp3) is 0.538. The summed E-state index contributed by atoms with van der Waals surface area (Å²) in [6, 6.07) is 1.37. The molecule has 0 aliphatic heterocycles. The number of hydrogen-bond donors (Lipinski definition) is 3. The van der Waals surface area contributed by atoms with Crippen LogP contribution in [0, 0.1) is 5.41 Å². The lowest BCUT2D eigenvalue weighted by Gasteiger charge is -2.27. The van der Waals surface area contributed by atoms with E-state index in [1.165, 1.54) is 12.3 Å². The van der Waals surface area contributed by atoms with Crippen LogP contribution in [0.1, 0.15) is 36.0 Å². The molecule has 1 saturated carbocycles. The topological polar surface area (TPSA) is 82.5 Å². The van der Waals surface area contributed by atoms with E-state index in [9.17, 15) is 9.90 Å². The smallest absolute Gasteiger partial charge is 0.337 e. The summed E-state index contributed by atoms with van der Waals surface area (Å²) in [5.41, 5.74) is -0.0375. The van der Waals surface area contributed by atoms with Gasteiger partial charge < -0.3 is 15.5 Å². The van der Waals surface area contributed by atoms with Gasteiger partial charge >= 0.3 is 5.97 Å². The van der Waals surface area contributed by atoms with Gasteiger partial charge in [-0.2, -0.15) is 0 Å². The molecule has 0 unspecified atom stereocenters. The van der Waals surface area contributed by atoms with Crippen molar-refractivity contribution in [2.45, 2.75) is 25.7 Å². The average molecular weight is 285 g/mol. The van der Waals surface area contributed by atoms with Crippen LogP contribution in [0.4, 0.5) is 5.82 Å². The predicted molar refractivity (Wildman–Crippen MR) is 72.7 cm³/mol. The summed E-state index contributed by atoms with van der Waals surface area (Å²) in [6.07, 6.45) is 5.50. The first-order valence-electron chi connectivity index (χ1n) is 6.30. The standard InChI is InChI=1S/C13H17ClN2O3/c14-10-5-9(12(18)19)6-15-11(10)16-7-13(8-17)3-1-2-4-13/h5-6,17H,1-4,7-8H2,(H,15,16)(H,18,19). The molecular formula is C13H17ClN2O3. The number of aromatic carboxylic acids is 1. The van der Waals surface area contributed by atoms with E-state index in [1.54, 1.807) is 0 Å². The molecule has 0 atom stereocenters. The molecule has 0 bridgehead atoms. The van der Waals surface area contributed by atoms with Gasteiger partial charge in [0.05, 0.1) is 17.2 Å². The van der Waals surface area contributed by atoms with E-state index < -0.39 is 5.97 Å². The minimum atomic E-state index is -1.05. The van der Waals surface area contributed by atoms with Gasteiger partial charge in [-0.25, -0.2) is 9.78 Å². The zero-order valence-corrected chi connectivity index (χ0v) is 11.3. The van der Waals surface area contributed by atoms with Crippen molar-refractivity contribution < 1.29 is 15.0 Å². The Balaban J connectivity index is 2.05. The maximum absolute atomic E-state index is 10.8. The van der Waals surface area contributed by atoms with Gasteiger partial charge in [-0.05, 0) is 18.9 Å². The fourth-order valence-electron chi connectivity index (χ4n) is 2.47. The van der Waals surface area contributed by atoms with Crippen molar-refractivity contribution in [2.24, 2.45) is 5.41 Å². The number of carbonyl (C=O) groups is 1. The third kappa shape index (κ3) is 3.16. The van der Waals surface area contributed by atoms with Crippen molar-refractivity contribution in [1.82, 2.24) is 4.98 Å². The molecule has 6 heteroatoms. The van der Waals surface area contributed by atoms with Gasteiger partial charge in [-0.1, -0.05) is 24.4 Å². The fourth-order valence-corrected chi connectivity index (χ4v) is 2.71. The van der Waals surface area contributed by atoms with Gasteiger partial charge in [0.25, 0.3) is 0 Å². The molecule has 1 aromatic heterocycles. The second kappa shape index (κ2) is 5.75. The molecule has 1 heterocycles. The van der Waals surface area contributed by atoms with Gasteiger partial charge in [-0.15, -0.1) is 0 Å². The monoisotopic (exact) mass is 284 g/mol. The van der Waals surface area contributed by atoms with E-state index >= 15 is 0 Å². The van der Waals surface area contributed by atoms with Crippen molar-refractivity contribution in [3.8, 4) is 0 Å². The Bertz CT molecular complexity index is 473. The summed E-state index contributed by atoms with van der Waals surface area (Å²) in [4.78, 5) is 14.8. The molecule has 19 heavy (non-hydrogen) atoms. The van der Waals surface area contributed by atoms with Crippen LogP contribution in [-0.4, -0.2) is 34.3 Å². The highest BCUT2D eigenvalue weighted by atomic mass is 35.5. The van der Waals surface area contributed by atoms with Crippen LogP contribution in [0.25, 0.3) is 0 Å². The Labute approximate surface area is 116 Å². The molecule has 1 aromatic rings. The Hall–Kier alpha value is -1.33. The summed E-state index contributed by atoms with van der Waals surface area (Å²) in [6.45, 7) is 0.744. The van der Waals surface area contributed by atoms with E-state index in [0.29, 0.717) is 12.4 Å². The summed E-state index contributed by atoms with van der Waals surface area (Å²) in [5.74, 6) is -0.588. The first-order chi connectivity index (χ1) is 9.06. The van der Waals surface area contributed by atoms with Crippen LogP contribution in [0.3, 0.4) is 0 Å². The van der Waals surface area contributed by atoms with Crippen molar-refractivity contribution >= 4 is 23.4 Å². The number of carboxylic acid groups (broad SMARTS) is 1. The largest absolute Gasteiger partial charge is 0.478 e. The number of halogens is 1. The van der Waals surface area contributed by atoms with Crippen molar-refractivity contribution in [3.63, 3.8) is 0 Å². The Morgan fingerprint density at radius 3 is 2.68 bits per heavy atom. The first-order valence-corrected chi connectivity index (χ1v) is 6.68. The molecule has 5 nitrogen and oxygen atoms in total. The number of aromatic nitrogens is 1. The Kier molecular flexibility index (Phi) is 4.27. The first kappa shape index (κ1) is 14.1. The number of hydrogen-bond acceptors (Lipinski definition) is 4. The lowest BCUT2D eigenvalue weighted by Crippen LogP contribution is -2.30. The number of carboxylic acids is 1. The number of aliphatic hydroxyl groups is 1. The second-order valence-corrected chi connectivity index (χ2v) is 5.49. The zero-order valence-electron chi connectivity index (χ0n) is 10.5. The summed E-state index contributed by atoms with van der Waals surface area (Å²) < 4.78 is 0. The second-order valence-electron chi connectivity index (χ2n) is 5.08. The highest BCUT2D eigenvalue weighted by Gasteiger charge is 2.33. The maximum atomic E-state index is 10.8. The Morgan fingerprint density at radius 2 is 2.16 bits per heavy atom. The average Bonchev–Trinajstić information content (AvgIpc) is 2.86. The number of pyridine rings is 1. The molecule has 104 valence electrons. The number of anilines is 1. The number of aliphatic hydroxyl groups excluding tert-OH is 1. The molecule has 0 radical (unpaired) electrons. The van der Waals surface area contributed by atoms with Gasteiger partial charge in [-0.3, -0.25) is 0 Å². The molecule has 1 aliphatic rings. The van der Waals surface area contributed by atoms with Crippen LogP contribution in [-0.2, 0) is 0 Å². The van der Waals surface area contributed by atoms with Crippen LogP contribution in [0.15, 0.2) is 12.3 Å². The number of nitrogens with one attached hydrogen (secondary N) is 1. The molecule has 0 spiro atoms. The molecule has 1 aliphatic carbocycles. The molecule has 0 aromatic carbocycles. The van der Waals surface area contributed by atoms with E-state index in [2.05, 4.69) is 10.3 Å². The molecule has 0 saturated heterocycles. The highest BCUT2D eigenvalue weighted by molar-refractivity contribution is 6.33. The molecule has 2 rings (SSSR count). The third-order valence-corrected chi connectivity index (χ3v) is 4.01. The maximum Gasteiger partial charge on any atom is 0.337 e. The van der Waals surface area contributed by atoms with Crippen LogP contribution in [0.2, 0.25) is 5.02 Å². The van der Waals surface area contributed by atoms with Crippen LogP contribution < -0.4 is 5.32 Å². The zero-order chi connectivity index (χ0) is 13.9. The lowest BCUT2D eigenvalue weighted by molar-refractivity contribution is 0.0696. The van der Waals surface area contributed by atoms with Crippen LogP contribution >= 0.6 is 11.6 Å².